The fraction of sp³-hybridized carbons (Fsp3) is 0.312. The smallest absolute Gasteiger partial charge is 0.273 e. The normalized spacial score (nSPS) is 14.1. The van der Waals surface area contributed by atoms with Crippen molar-refractivity contribution in [1.82, 2.24) is 20.0 Å². The number of hydrogen-bond acceptors (Lipinski definition) is 5. The van der Waals surface area contributed by atoms with Crippen LogP contribution in [0.4, 0.5) is 0 Å². The number of imidazole rings is 1. The molecule has 1 aliphatic rings. The second-order valence-electron chi connectivity index (χ2n) is 5.56. The molecule has 7 heteroatoms. The fourth-order valence-corrected chi connectivity index (χ4v) is 3.18. The van der Waals surface area contributed by atoms with Crippen molar-refractivity contribution < 1.29 is 9.32 Å². The Morgan fingerprint density at radius 2 is 2.39 bits per heavy atom. The van der Waals surface area contributed by atoms with Crippen molar-refractivity contribution >= 4 is 17.2 Å². The number of hydrogen-bond donors (Lipinski definition) is 1. The van der Waals surface area contributed by atoms with E-state index in [-0.39, 0.29) is 5.91 Å². The molecule has 1 N–H and O–H groups in total. The topological polar surface area (TPSA) is 73.0 Å². The van der Waals surface area contributed by atoms with Crippen molar-refractivity contribution in [3.05, 3.63) is 47.5 Å². The molecule has 4 rings (SSSR count). The van der Waals surface area contributed by atoms with E-state index in [1.807, 2.05) is 29.9 Å². The number of carbonyl (C=O) groups is 1. The maximum Gasteiger partial charge on any atom is 0.273 e. The van der Waals surface area contributed by atoms with E-state index in [1.54, 1.807) is 17.4 Å². The Balaban J connectivity index is 1.34. The highest BCUT2D eigenvalue weighted by Crippen LogP contribution is 2.38. The van der Waals surface area contributed by atoms with Gasteiger partial charge in [0.1, 0.15) is 5.82 Å². The lowest BCUT2D eigenvalue weighted by Gasteiger charge is -2.07. The van der Waals surface area contributed by atoms with E-state index in [0.29, 0.717) is 30.5 Å². The van der Waals surface area contributed by atoms with Crippen LogP contribution in [0, 0.1) is 0 Å². The molecule has 3 aromatic rings. The van der Waals surface area contributed by atoms with E-state index in [9.17, 15) is 4.79 Å². The largest absolute Gasteiger partial charge is 0.355 e. The van der Waals surface area contributed by atoms with E-state index < -0.39 is 0 Å². The van der Waals surface area contributed by atoms with Gasteiger partial charge in [0.2, 0.25) is 0 Å². The summed E-state index contributed by atoms with van der Waals surface area (Å²) in [6.45, 7) is 1.25. The Kier molecular flexibility index (Phi) is 3.70. The zero-order valence-corrected chi connectivity index (χ0v) is 13.3. The maximum absolute atomic E-state index is 12.1. The van der Waals surface area contributed by atoms with Gasteiger partial charge in [-0.3, -0.25) is 4.79 Å². The van der Waals surface area contributed by atoms with Crippen LogP contribution >= 0.6 is 11.3 Å². The van der Waals surface area contributed by atoms with Crippen LogP contribution in [0.25, 0.3) is 10.6 Å². The minimum absolute atomic E-state index is 0.218. The second kappa shape index (κ2) is 6.00. The zero-order chi connectivity index (χ0) is 15.6. The van der Waals surface area contributed by atoms with Crippen molar-refractivity contribution in [2.24, 2.45) is 0 Å². The summed E-state index contributed by atoms with van der Waals surface area (Å²) in [6.07, 6.45) is 6.22. The molecule has 1 amide bonds. The number of nitrogens with zero attached hydrogens (tertiary/aromatic N) is 3. The van der Waals surface area contributed by atoms with Crippen molar-refractivity contribution in [2.45, 2.75) is 25.3 Å². The molecule has 0 saturated heterocycles. The molecule has 0 bridgehead atoms. The molecular weight excluding hydrogens is 312 g/mol. The van der Waals surface area contributed by atoms with E-state index in [2.05, 4.69) is 20.0 Å². The molecule has 1 fully saturated rings. The predicted molar refractivity (Wildman–Crippen MR) is 86.4 cm³/mol. The average molecular weight is 328 g/mol. The van der Waals surface area contributed by atoms with Gasteiger partial charge in [-0.1, -0.05) is 11.2 Å². The van der Waals surface area contributed by atoms with Crippen LogP contribution in [0.1, 0.15) is 35.1 Å². The van der Waals surface area contributed by atoms with Crippen LogP contribution < -0.4 is 5.32 Å². The SMILES string of the molecule is O=C(NCCn1ccnc1C1CC1)c1cc(-c2cccs2)on1. The summed E-state index contributed by atoms with van der Waals surface area (Å²) in [4.78, 5) is 17.5. The van der Waals surface area contributed by atoms with Gasteiger partial charge in [0, 0.05) is 37.5 Å². The third-order valence-corrected chi connectivity index (χ3v) is 4.72. The summed E-state index contributed by atoms with van der Waals surface area (Å²) in [5.41, 5.74) is 0.307. The Morgan fingerprint density at radius 1 is 1.48 bits per heavy atom. The summed E-state index contributed by atoms with van der Waals surface area (Å²) in [6, 6.07) is 5.55. The lowest BCUT2D eigenvalue weighted by atomic mass is 10.3. The lowest BCUT2D eigenvalue weighted by molar-refractivity contribution is 0.0943. The Morgan fingerprint density at radius 3 is 3.17 bits per heavy atom. The number of nitrogens with one attached hydrogen (secondary N) is 1. The Labute approximate surface area is 137 Å². The molecule has 1 aliphatic carbocycles. The number of carbonyl (C=O) groups excluding carboxylic acids is 1. The first-order valence-corrected chi connectivity index (χ1v) is 8.49. The number of rotatable bonds is 6. The van der Waals surface area contributed by atoms with Crippen molar-refractivity contribution in [1.29, 1.82) is 0 Å². The van der Waals surface area contributed by atoms with Gasteiger partial charge in [0.15, 0.2) is 11.5 Å². The number of amides is 1. The first kappa shape index (κ1) is 14.2. The summed E-state index contributed by atoms with van der Waals surface area (Å²) in [7, 11) is 0. The molecule has 0 radical (unpaired) electrons. The molecule has 0 aliphatic heterocycles. The third kappa shape index (κ3) is 3.05. The average Bonchev–Trinajstić information content (AvgIpc) is 3.04. The molecule has 0 spiro atoms. The molecule has 6 nitrogen and oxygen atoms in total. The summed E-state index contributed by atoms with van der Waals surface area (Å²) in [5.74, 6) is 2.13. The van der Waals surface area contributed by atoms with Crippen LogP contribution in [0.2, 0.25) is 0 Å². The summed E-state index contributed by atoms with van der Waals surface area (Å²) >= 11 is 1.55. The van der Waals surface area contributed by atoms with Crippen molar-refractivity contribution in [3.8, 4) is 10.6 Å². The molecule has 23 heavy (non-hydrogen) atoms. The van der Waals surface area contributed by atoms with Gasteiger partial charge in [-0.2, -0.15) is 0 Å². The van der Waals surface area contributed by atoms with Crippen molar-refractivity contribution in [2.75, 3.05) is 6.54 Å². The van der Waals surface area contributed by atoms with E-state index in [0.717, 1.165) is 10.7 Å². The monoisotopic (exact) mass is 328 g/mol. The van der Waals surface area contributed by atoms with Crippen LogP contribution in [0.3, 0.4) is 0 Å². The third-order valence-electron chi connectivity index (χ3n) is 3.84. The maximum atomic E-state index is 12.1. The quantitative estimate of drug-likeness (QED) is 0.755. The van der Waals surface area contributed by atoms with Crippen LogP contribution in [-0.2, 0) is 6.54 Å². The van der Waals surface area contributed by atoms with E-state index in [4.69, 9.17) is 4.52 Å². The van der Waals surface area contributed by atoms with Gasteiger partial charge < -0.3 is 14.4 Å². The molecule has 1 saturated carbocycles. The van der Waals surface area contributed by atoms with Crippen LogP contribution in [0.15, 0.2) is 40.5 Å². The molecule has 3 heterocycles. The highest BCUT2D eigenvalue weighted by Gasteiger charge is 2.27. The van der Waals surface area contributed by atoms with Gasteiger partial charge in [0.05, 0.1) is 4.88 Å². The summed E-state index contributed by atoms with van der Waals surface area (Å²) < 4.78 is 7.33. The molecule has 118 valence electrons. The van der Waals surface area contributed by atoms with Crippen molar-refractivity contribution in [3.63, 3.8) is 0 Å². The summed E-state index contributed by atoms with van der Waals surface area (Å²) in [5, 5.41) is 8.68. The fourth-order valence-electron chi connectivity index (χ4n) is 2.51. The number of thiophene rings is 1. The molecule has 0 atom stereocenters. The van der Waals surface area contributed by atoms with Gasteiger partial charge in [-0.25, -0.2) is 4.98 Å². The van der Waals surface area contributed by atoms with Gasteiger partial charge in [-0.15, -0.1) is 11.3 Å². The zero-order valence-electron chi connectivity index (χ0n) is 12.4. The standard InChI is InChI=1S/C16H16N4O2S/c21-16(12-10-13(22-19-12)14-2-1-9-23-14)18-6-8-20-7-5-17-15(20)11-3-4-11/h1-2,5,7,9-11H,3-4,6,8H2,(H,18,21). The van der Waals surface area contributed by atoms with Crippen LogP contribution in [-0.4, -0.2) is 27.2 Å². The minimum atomic E-state index is -0.218. The second-order valence-corrected chi connectivity index (χ2v) is 6.51. The van der Waals surface area contributed by atoms with E-state index in [1.165, 1.54) is 12.8 Å². The Hall–Kier alpha value is -2.41. The van der Waals surface area contributed by atoms with Gasteiger partial charge >= 0.3 is 0 Å². The molecule has 0 aromatic carbocycles. The highest BCUT2D eigenvalue weighted by molar-refractivity contribution is 7.13. The molecular formula is C16H16N4O2S. The van der Waals surface area contributed by atoms with E-state index >= 15 is 0 Å². The first-order chi connectivity index (χ1) is 11.3. The number of aromatic nitrogens is 3. The molecule has 0 unspecified atom stereocenters. The highest BCUT2D eigenvalue weighted by atomic mass is 32.1. The minimum Gasteiger partial charge on any atom is -0.355 e. The van der Waals surface area contributed by atoms with Crippen LogP contribution in [0.5, 0.6) is 0 Å². The Bertz CT molecular complexity index is 802. The predicted octanol–water partition coefficient (Wildman–Crippen LogP) is 2.91. The van der Waals surface area contributed by atoms with Gasteiger partial charge in [0.25, 0.3) is 5.91 Å². The molecule has 3 aromatic heterocycles. The lowest BCUT2D eigenvalue weighted by Crippen LogP contribution is -2.27. The first-order valence-electron chi connectivity index (χ1n) is 7.61. The van der Waals surface area contributed by atoms with Gasteiger partial charge in [-0.05, 0) is 24.3 Å².